The Hall–Kier alpha value is -0.940. The van der Waals surface area contributed by atoms with Gasteiger partial charge in [-0.3, -0.25) is 5.32 Å². The standard InChI is InChI=1S/C18H30ClN5O3S2/c1-13-4-6-14(7-5-13)24(18(25)21-17-20-12-16(19)28-17)15-8-10-23(11-9-15)29(26,27)22(2)3/h12-15H,4-11H2,1-3H3,(H,20,21,25)/t13-,14-. The number of carbonyl (C=O) groups is 1. The zero-order valence-corrected chi connectivity index (χ0v) is 19.6. The van der Waals surface area contributed by atoms with Crippen molar-refractivity contribution in [1.29, 1.82) is 0 Å². The van der Waals surface area contributed by atoms with Crippen LogP contribution >= 0.6 is 22.9 Å². The Kier molecular flexibility index (Phi) is 7.42. The van der Waals surface area contributed by atoms with Gasteiger partial charge in [0.15, 0.2) is 5.13 Å². The summed E-state index contributed by atoms with van der Waals surface area (Å²) in [6.07, 6.45) is 6.94. The Balaban J connectivity index is 1.72. The van der Waals surface area contributed by atoms with Crippen LogP contribution in [-0.4, -0.2) is 72.2 Å². The number of nitrogens with one attached hydrogen (secondary N) is 1. The smallest absolute Gasteiger partial charge is 0.318 e. The Morgan fingerprint density at radius 3 is 2.28 bits per heavy atom. The van der Waals surface area contributed by atoms with Gasteiger partial charge in [0.25, 0.3) is 10.2 Å². The minimum absolute atomic E-state index is 0.0115. The van der Waals surface area contributed by atoms with Gasteiger partial charge in [-0.15, -0.1) is 0 Å². The summed E-state index contributed by atoms with van der Waals surface area (Å²) in [5, 5.41) is 3.39. The summed E-state index contributed by atoms with van der Waals surface area (Å²) >= 11 is 7.18. The minimum atomic E-state index is -3.42. The van der Waals surface area contributed by atoms with Crippen LogP contribution in [0.5, 0.6) is 0 Å². The highest BCUT2D eigenvalue weighted by atomic mass is 35.5. The van der Waals surface area contributed by atoms with Gasteiger partial charge < -0.3 is 4.90 Å². The molecule has 11 heteroatoms. The molecule has 0 spiro atoms. The summed E-state index contributed by atoms with van der Waals surface area (Å²) in [6, 6.07) is 0.0191. The molecule has 0 bridgehead atoms. The average molecular weight is 464 g/mol. The van der Waals surface area contributed by atoms with Crippen molar-refractivity contribution in [2.24, 2.45) is 5.92 Å². The third kappa shape index (κ3) is 5.41. The largest absolute Gasteiger partial charge is 0.324 e. The number of aromatic nitrogens is 1. The van der Waals surface area contributed by atoms with E-state index < -0.39 is 10.2 Å². The van der Waals surface area contributed by atoms with Crippen molar-refractivity contribution < 1.29 is 13.2 Å². The molecule has 2 heterocycles. The molecule has 1 saturated heterocycles. The lowest BCUT2D eigenvalue weighted by molar-refractivity contribution is 0.0971. The Labute approximate surface area is 182 Å². The summed E-state index contributed by atoms with van der Waals surface area (Å²) < 4.78 is 28.1. The number of rotatable bonds is 5. The van der Waals surface area contributed by atoms with E-state index in [0.717, 1.165) is 25.7 Å². The fourth-order valence-electron chi connectivity index (χ4n) is 4.20. The van der Waals surface area contributed by atoms with Gasteiger partial charge in [0, 0.05) is 39.3 Å². The number of carbonyl (C=O) groups excluding carboxylic acids is 1. The van der Waals surface area contributed by atoms with Crippen LogP contribution in [-0.2, 0) is 10.2 Å². The summed E-state index contributed by atoms with van der Waals surface area (Å²) in [5.41, 5.74) is 0. The molecule has 164 valence electrons. The van der Waals surface area contributed by atoms with Crippen LogP contribution in [0.4, 0.5) is 9.93 Å². The molecular formula is C18H30ClN5O3S2. The van der Waals surface area contributed by atoms with Crippen LogP contribution in [0.3, 0.4) is 0 Å². The molecule has 8 nitrogen and oxygen atoms in total. The maximum Gasteiger partial charge on any atom is 0.324 e. The molecule has 0 atom stereocenters. The number of hydrogen-bond acceptors (Lipinski definition) is 5. The molecule has 1 aromatic heterocycles. The molecule has 1 aliphatic carbocycles. The number of anilines is 1. The molecule has 3 rings (SSSR count). The molecule has 0 unspecified atom stereocenters. The first-order valence-corrected chi connectivity index (χ1v) is 12.7. The van der Waals surface area contributed by atoms with Crippen LogP contribution in [0.1, 0.15) is 45.4 Å². The first kappa shape index (κ1) is 22.7. The van der Waals surface area contributed by atoms with E-state index in [1.807, 2.05) is 4.90 Å². The monoisotopic (exact) mass is 463 g/mol. The van der Waals surface area contributed by atoms with Gasteiger partial charge in [-0.2, -0.15) is 17.0 Å². The molecule has 1 saturated carbocycles. The maximum atomic E-state index is 13.2. The molecular weight excluding hydrogens is 434 g/mol. The third-order valence-electron chi connectivity index (χ3n) is 5.91. The number of hydrogen-bond donors (Lipinski definition) is 1. The van der Waals surface area contributed by atoms with Crippen LogP contribution in [0.15, 0.2) is 6.20 Å². The highest BCUT2D eigenvalue weighted by molar-refractivity contribution is 7.86. The topological polar surface area (TPSA) is 85.9 Å². The summed E-state index contributed by atoms with van der Waals surface area (Å²) in [4.78, 5) is 19.3. The Bertz CT molecular complexity index is 800. The lowest BCUT2D eigenvalue weighted by Crippen LogP contribution is -2.55. The van der Waals surface area contributed by atoms with Gasteiger partial charge in [-0.25, -0.2) is 9.78 Å². The second-order valence-electron chi connectivity index (χ2n) is 8.14. The zero-order valence-electron chi connectivity index (χ0n) is 17.2. The van der Waals surface area contributed by atoms with Gasteiger partial charge in [0.1, 0.15) is 4.34 Å². The molecule has 0 aromatic carbocycles. The molecule has 29 heavy (non-hydrogen) atoms. The van der Waals surface area contributed by atoms with Crippen molar-refractivity contribution in [2.45, 2.75) is 57.5 Å². The minimum Gasteiger partial charge on any atom is -0.318 e. The van der Waals surface area contributed by atoms with E-state index in [4.69, 9.17) is 11.6 Å². The average Bonchev–Trinajstić information content (AvgIpc) is 3.08. The van der Waals surface area contributed by atoms with Crippen LogP contribution in [0, 0.1) is 5.92 Å². The molecule has 2 fully saturated rings. The van der Waals surface area contributed by atoms with E-state index in [-0.39, 0.29) is 18.1 Å². The van der Waals surface area contributed by atoms with Crippen molar-refractivity contribution in [3.05, 3.63) is 10.5 Å². The first-order chi connectivity index (χ1) is 13.7. The number of halogens is 1. The molecule has 0 radical (unpaired) electrons. The highest BCUT2D eigenvalue weighted by Gasteiger charge is 2.37. The third-order valence-corrected chi connectivity index (χ3v) is 8.88. The molecule has 1 aliphatic heterocycles. The van der Waals surface area contributed by atoms with Crippen molar-refractivity contribution in [3.63, 3.8) is 0 Å². The fourth-order valence-corrected chi connectivity index (χ4v) is 6.14. The second kappa shape index (κ2) is 9.47. The zero-order chi connectivity index (χ0) is 21.2. The summed E-state index contributed by atoms with van der Waals surface area (Å²) in [7, 11) is -0.332. The van der Waals surface area contributed by atoms with E-state index in [1.54, 1.807) is 14.1 Å². The molecule has 1 aromatic rings. The van der Waals surface area contributed by atoms with Gasteiger partial charge >= 0.3 is 6.03 Å². The van der Waals surface area contributed by atoms with Crippen molar-refractivity contribution >= 4 is 44.3 Å². The van der Waals surface area contributed by atoms with Gasteiger partial charge in [0.05, 0.1) is 6.20 Å². The molecule has 2 aliphatic rings. The number of amides is 2. The normalized spacial score (nSPS) is 24.6. The van der Waals surface area contributed by atoms with Crippen LogP contribution in [0.25, 0.3) is 0 Å². The predicted molar refractivity (Wildman–Crippen MR) is 117 cm³/mol. The Morgan fingerprint density at radius 2 is 1.76 bits per heavy atom. The van der Waals surface area contributed by atoms with Crippen molar-refractivity contribution in [2.75, 3.05) is 32.5 Å². The molecule has 1 N–H and O–H groups in total. The quantitative estimate of drug-likeness (QED) is 0.724. The predicted octanol–water partition coefficient (Wildman–Crippen LogP) is 3.48. The Morgan fingerprint density at radius 1 is 1.17 bits per heavy atom. The van der Waals surface area contributed by atoms with Gasteiger partial charge in [-0.1, -0.05) is 29.9 Å². The number of piperidine rings is 1. The van der Waals surface area contributed by atoms with E-state index in [1.165, 1.54) is 26.1 Å². The van der Waals surface area contributed by atoms with Gasteiger partial charge in [0.2, 0.25) is 0 Å². The van der Waals surface area contributed by atoms with E-state index in [2.05, 4.69) is 17.2 Å². The lowest BCUT2D eigenvalue weighted by atomic mass is 9.85. The van der Waals surface area contributed by atoms with E-state index in [0.29, 0.717) is 41.3 Å². The molecule has 2 amide bonds. The van der Waals surface area contributed by atoms with E-state index >= 15 is 0 Å². The van der Waals surface area contributed by atoms with Crippen LogP contribution in [0.2, 0.25) is 4.34 Å². The van der Waals surface area contributed by atoms with Crippen molar-refractivity contribution in [3.8, 4) is 0 Å². The lowest BCUT2D eigenvalue weighted by Gasteiger charge is -2.44. The van der Waals surface area contributed by atoms with Crippen LogP contribution < -0.4 is 5.32 Å². The number of urea groups is 1. The SMILES string of the molecule is CN(C)S(=O)(=O)N1CCC(N(C(=O)Nc2ncc(Cl)s2)[C@H]2CC[C@H](C)CC2)CC1. The maximum absolute atomic E-state index is 13.2. The number of nitrogens with zero attached hydrogens (tertiary/aromatic N) is 4. The second-order valence-corrected chi connectivity index (χ2v) is 11.9. The van der Waals surface area contributed by atoms with Gasteiger partial charge in [-0.05, 0) is 44.4 Å². The summed E-state index contributed by atoms with van der Waals surface area (Å²) in [6.45, 7) is 3.09. The van der Waals surface area contributed by atoms with Crippen molar-refractivity contribution in [1.82, 2.24) is 18.5 Å². The first-order valence-electron chi connectivity index (χ1n) is 10.1. The number of thiazole rings is 1. The highest BCUT2D eigenvalue weighted by Crippen LogP contribution is 2.32. The summed E-state index contributed by atoms with van der Waals surface area (Å²) in [5.74, 6) is 0.681. The van der Waals surface area contributed by atoms with E-state index in [9.17, 15) is 13.2 Å². The fraction of sp³-hybridized carbons (Fsp3) is 0.778.